The van der Waals surface area contributed by atoms with Gasteiger partial charge in [-0.25, -0.2) is 9.97 Å². The maximum atomic E-state index is 4.38. The number of piperidine rings is 1. The van der Waals surface area contributed by atoms with E-state index < -0.39 is 0 Å². The number of benzene rings is 1. The van der Waals surface area contributed by atoms with Crippen molar-refractivity contribution in [1.82, 2.24) is 15.0 Å². The van der Waals surface area contributed by atoms with Crippen LogP contribution in [0.2, 0.25) is 0 Å². The third kappa shape index (κ3) is 2.86. The van der Waals surface area contributed by atoms with E-state index in [-0.39, 0.29) is 0 Å². The molecule has 3 heterocycles. The minimum absolute atomic E-state index is 0.838. The summed E-state index contributed by atoms with van der Waals surface area (Å²) in [6.45, 7) is 4.36. The molecule has 118 valence electrons. The highest BCUT2D eigenvalue weighted by Gasteiger charge is 2.11. The molecule has 5 nitrogen and oxygen atoms in total. The maximum absolute atomic E-state index is 4.38. The van der Waals surface area contributed by atoms with Crippen molar-refractivity contribution in [2.45, 2.75) is 26.2 Å². The van der Waals surface area contributed by atoms with Gasteiger partial charge in [-0.3, -0.25) is 0 Å². The third-order valence-electron chi connectivity index (χ3n) is 4.41. The van der Waals surface area contributed by atoms with Gasteiger partial charge >= 0.3 is 0 Å². The lowest BCUT2D eigenvalue weighted by atomic mass is 10.1. The molecule has 2 N–H and O–H groups in total. The van der Waals surface area contributed by atoms with E-state index in [9.17, 15) is 0 Å². The van der Waals surface area contributed by atoms with Gasteiger partial charge in [0.15, 0.2) is 0 Å². The third-order valence-corrected chi connectivity index (χ3v) is 4.41. The van der Waals surface area contributed by atoms with Gasteiger partial charge in [0.05, 0.1) is 5.39 Å². The Morgan fingerprint density at radius 2 is 1.83 bits per heavy atom. The Hall–Kier alpha value is -2.56. The minimum atomic E-state index is 0.838. The molecule has 1 saturated heterocycles. The zero-order valence-electron chi connectivity index (χ0n) is 13.3. The second-order valence-corrected chi connectivity index (χ2v) is 6.16. The Morgan fingerprint density at radius 1 is 1.04 bits per heavy atom. The van der Waals surface area contributed by atoms with E-state index in [1.807, 2.05) is 6.92 Å². The standard InChI is InChI=1S/C18H21N5/c1-13-11-16-17(21-13)19-12-20-18(16)22-14-5-7-15(8-6-14)23-9-3-2-4-10-23/h5-8,11-12H,2-4,9-10H2,1H3,(H2,19,20,21,22). The van der Waals surface area contributed by atoms with Gasteiger partial charge in [-0.1, -0.05) is 0 Å². The Bertz CT molecular complexity index is 800. The highest BCUT2D eigenvalue weighted by molar-refractivity contribution is 5.89. The molecule has 0 bridgehead atoms. The van der Waals surface area contributed by atoms with Crippen molar-refractivity contribution >= 4 is 28.2 Å². The van der Waals surface area contributed by atoms with Crippen molar-refractivity contribution in [3.63, 3.8) is 0 Å². The lowest BCUT2D eigenvalue weighted by molar-refractivity contribution is 0.578. The molecule has 23 heavy (non-hydrogen) atoms. The van der Waals surface area contributed by atoms with Crippen molar-refractivity contribution in [2.75, 3.05) is 23.3 Å². The first-order valence-electron chi connectivity index (χ1n) is 8.22. The number of aromatic amines is 1. The van der Waals surface area contributed by atoms with Crippen LogP contribution in [0.1, 0.15) is 25.0 Å². The average Bonchev–Trinajstić information content (AvgIpc) is 2.98. The highest BCUT2D eigenvalue weighted by Crippen LogP contribution is 2.26. The Morgan fingerprint density at radius 3 is 2.61 bits per heavy atom. The van der Waals surface area contributed by atoms with Crippen molar-refractivity contribution < 1.29 is 0 Å². The van der Waals surface area contributed by atoms with Crippen molar-refractivity contribution in [1.29, 1.82) is 0 Å². The van der Waals surface area contributed by atoms with E-state index >= 15 is 0 Å². The molecule has 3 aromatic rings. The van der Waals surface area contributed by atoms with Crippen LogP contribution in [-0.2, 0) is 0 Å². The predicted octanol–water partition coefficient (Wildman–Crippen LogP) is 4.00. The summed E-state index contributed by atoms with van der Waals surface area (Å²) in [4.78, 5) is 14.3. The van der Waals surface area contributed by atoms with Gasteiger partial charge in [-0.15, -0.1) is 0 Å². The Kier molecular flexibility index (Phi) is 3.61. The van der Waals surface area contributed by atoms with E-state index in [1.165, 1.54) is 38.0 Å². The van der Waals surface area contributed by atoms with Crippen molar-refractivity contribution in [3.05, 3.63) is 42.4 Å². The predicted molar refractivity (Wildman–Crippen MR) is 94.4 cm³/mol. The van der Waals surface area contributed by atoms with Gasteiger partial charge in [0.2, 0.25) is 0 Å². The summed E-state index contributed by atoms with van der Waals surface area (Å²) in [6, 6.07) is 10.7. The van der Waals surface area contributed by atoms with E-state index in [4.69, 9.17) is 0 Å². The monoisotopic (exact) mass is 307 g/mol. The topological polar surface area (TPSA) is 56.8 Å². The van der Waals surface area contributed by atoms with Crippen LogP contribution >= 0.6 is 0 Å². The quantitative estimate of drug-likeness (QED) is 0.768. The molecule has 0 unspecified atom stereocenters. The summed E-state index contributed by atoms with van der Waals surface area (Å²) in [5.74, 6) is 0.838. The molecule has 0 aliphatic carbocycles. The van der Waals surface area contributed by atoms with Crippen LogP contribution in [0.4, 0.5) is 17.2 Å². The molecule has 1 aliphatic heterocycles. The van der Waals surface area contributed by atoms with Gasteiger partial charge in [0.25, 0.3) is 0 Å². The molecule has 1 aliphatic rings. The highest BCUT2D eigenvalue weighted by atomic mass is 15.1. The zero-order chi connectivity index (χ0) is 15.6. The Labute approximate surface area is 135 Å². The molecule has 4 rings (SSSR count). The fraction of sp³-hybridized carbons (Fsp3) is 0.333. The molecule has 0 radical (unpaired) electrons. The molecule has 5 heteroatoms. The van der Waals surface area contributed by atoms with Crippen molar-refractivity contribution in [2.24, 2.45) is 0 Å². The maximum Gasteiger partial charge on any atom is 0.143 e. The van der Waals surface area contributed by atoms with Crippen LogP contribution in [0.15, 0.2) is 36.7 Å². The van der Waals surface area contributed by atoms with Crippen molar-refractivity contribution in [3.8, 4) is 0 Å². The first kappa shape index (κ1) is 14.1. The molecular weight excluding hydrogens is 286 g/mol. The summed E-state index contributed by atoms with van der Waals surface area (Å²) in [7, 11) is 0. The van der Waals surface area contributed by atoms with Crippen LogP contribution < -0.4 is 10.2 Å². The first-order chi connectivity index (χ1) is 11.3. The molecular formula is C18H21N5. The molecule has 0 atom stereocenters. The van der Waals surface area contributed by atoms with Gasteiger partial charge in [-0.05, 0) is 56.5 Å². The summed E-state index contributed by atoms with van der Waals surface area (Å²) in [6.07, 6.45) is 5.54. The Balaban J connectivity index is 1.56. The second-order valence-electron chi connectivity index (χ2n) is 6.16. The molecule has 0 saturated carbocycles. The summed E-state index contributed by atoms with van der Waals surface area (Å²) >= 11 is 0. The number of nitrogens with one attached hydrogen (secondary N) is 2. The van der Waals surface area contributed by atoms with Crippen LogP contribution in [0.3, 0.4) is 0 Å². The second kappa shape index (κ2) is 5.91. The van der Waals surface area contributed by atoms with E-state index in [1.54, 1.807) is 6.33 Å². The number of nitrogens with zero attached hydrogens (tertiary/aromatic N) is 3. The number of H-pyrrole nitrogens is 1. The molecule has 2 aromatic heterocycles. The smallest absolute Gasteiger partial charge is 0.143 e. The molecule has 0 amide bonds. The number of fused-ring (bicyclic) bond motifs is 1. The van der Waals surface area contributed by atoms with Gasteiger partial charge in [-0.2, -0.15) is 0 Å². The van der Waals surface area contributed by atoms with E-state index in [0.717, 1.165) is 28.2 Å². The van der Waals surface area contributed by atoms with E-state index in [2.05, 4.69) is 55.5 Å². The van der Waals surface area contributed by atoms with Gasteiger partial charge in [0, 0.05) is 30.2 Å². The summed E-state index contributed by atoms with van der Waals surface area (Å²) in [5.41, 5.74) is 4.30. The van der Waals surface area contributed by atoms with Crippen LogP contribution in [0, 0.1) is 6.92 Å². The normalized spacial score (nSPS) is 15.1. The largest absolute Gasteiger partial charge is 0.372 e. The number of aromatic nitrogens is 3. The van der Waals surface area contributed by atoms with Crippen LogP contribution in [0.25, 0.3) is 11.0 Å². The molecule has 0 spiro atoms. The lowest BCUT2D eigenvalue weighted by Gasteiger charge is -2.28. The fourth-order valence-electron chi connectivity index (χ4n) is 3.22. The zero-order valence-corrected chi connectivity index (χ0v) is 13.3. The minimum Gasteiger partial charge on any atom is -0.372 e. The lowest BCUT2D eigenvalue weighted by Crippen LogP contribution is -2.29. The average molecular weight is 307 g/mol. The van der Waals surface area contributed by atoms with E-state index in [0.29, 0.717) is 0 Å². The number of aryl methyl sites for hydroxylation is 1. The number of hydrogen-bond acceptors (Lipinski definition) is 4. The fourth-order valence-corrected chi connectivity index (χ4v) is 3.22. The first-order valence-corrected chi connectivity index (χ1v) is 8.22. The number of anilines is 3. The van der Waals surface area contributed by atoms with Crippen LogP contribution in [0.5, 0.6) is 0 Å². The molecule has 1 fully saturated rings. The van der Waals surface area contributed by atoms with Gasteiger partial charge < -0.3 is 15.2 Å². The SMILES string of the molecule is Cc1cc2c(Nc3ccc(N4CCCCC4)cc3)ncnc2[nH]1. The van der Waals surface area contributed by atoms with Gasteiger partial charge in [0.1, 0.15) is 17.8 Å². The summed E-state index contributed by atoms with van der Waals surface area (Å²) < 4.78 is 0. The number of rotatable bonds is 3. The summed E-state index contributed by atoms with van der Waals surface area (Å²) in [5, 5.41) is 4.42. The molecule has 1 aromatic carbocycles. The number of hydrogen-bond donors (Lipinski definition) is 2. The van der Waals surface area contributed by atoms with Crippen LogP contribution in [-0.4, -0.2) is 28.0 Å².